The summed E-state index contributed by atoms with van der Waals surface area (Å²) < 4.78 is 7.48. The Morgan fingerprint density at radius 3 is 2.81 bits per heavy atom. The van der Waals surface area contributed by atoms with Crippen LogP contribution in [-0.2, 0) is 0 Å². The van der Waals surface area contributed by atoms with Gasteiger partial charge >= 0.3 is 5.91 Å². The number of fused-ring (bicyclic) bond motifs is 1. The Labute approximate surface area is 154 Å². The molecule has 128 valence electrons. The number of rotatable bonds is 4. The predicted molar refractivity (Wildman–Crippen MR) is 102 cm³/mol. The number of benzene rings is 2. The van der Waals surface area contributed by atoms with Crippen LogP contribution in [0, 0.1) is 0 Å². The Morgan fingerprint density at radius 2 is 1.96 bits per heavy atom. The van der Waals surface area contributed by atoms with Crippen LogP contribution in [0.25, 0.3) is 16.7 Å². The van der Waals surface area contributed by atoms with Crippen molar-refractivity contribution in [3.63, 3.8) is 0 Å². The molecule has 0 unspecified atom stereocenters. The maximum Gasteiger partial charge on any atom is 0.307 e. The zero-order valence-electron chi connectivity index (χ0n) is 13.6. The molecule has 0 aliphatic carbocycles. The summed E-state index contributed by atoms with van der Waals surface area (Å²) in [6.45, 7) is 0. The van der Waals surface area contributed by atoms with Crippen LogP contribution < -0.4 is 5.43 Å². The number of hydrogen-bond donors (Lipinski definition) is 1. The van der Waals surface area contributed by atoms with Gasteiger partial charge in [0, 0.05) is 34.1 Å². The molecule has 2 aromatic carbocycles. The second-order valence-electron chi connectivity index (χ2n) is 5.68. The van der Waals surface area contributed by atoms with E-state index in [9.17, 15) is 4.79 Å². The molecule has 0 radical (unpaired) electrons. The number of furan rings is 1. The Bertz CT molecular complexity index is 1100. The zero-order valence-corrected chi connectivity index (χ0v) is 14.4. The van der Waals surface area contributed by atoms with Crippen LogP contribution in [0.2, 0.25) is 5.02 Å². The van der Waals surface area contributed by atoms with Gasteiger partial charge in [0.15, 0.2) is 5.76 Å². The quantitative estimate of drug-likeness (QED) is 0.424. The molecular formula is C20H14ClN3O2. The lowest BCUT2D eigenvalue weighted by atomic mass is 10.2. The molecule has 2 aromatic heterocycles. The molecule has 4 rings (SSSR count). The summed E-state index contributed by atoms with van der Waals surface area (Å²) in [6.07, 6.45) is 5.44. The molecule has 26 heavy (non-hydrogen) atoms. The van der Waals surface area contributed by atoms with Crippen molar-refractivity contribution in [2.24, 2.45) is 5.10 Å². The van der Waals surface area contributed by atoms with E-state index in [0.29, 0.717) is 10.6 Å². The number of hydrogen-bond acceptors (Lipinski definition) is 3. The molecule has 5 nitrogen and oxygen atoms in total. The molecule has 2 heterocycles. The number of carbonyl (C=O) groups excluding carboxylic acids is 1. The average molecular weight is 364 g/mol. The fourth-order valence-electron chi connectivity index (χ4n) is 2.60. The lowest BCUT2D eigenvalue weighted by molar-refractivity contribution is 0.0929. The van der Waals surface area contributed by atoms with E-state index in [2.05, 4.69) is 10.5 Å². The van der Waals surface area contributed by atoms with Crippen LogP contribution in [0.3, 0.4) is 0 Å². The smallest absolute Gasteiger partial charge is 0.307 e. The first kappa shape index (κ1) is 16.2. The third-order valence-corrected chi connectivity index (χ3v) is 4.09. The summed E-state index contributed by atoms with van der Waals surface area (Å²) in [5, 5.41) is 5.35. The molecule has 0 bridgehead atoms. The summed E-state index contributed by atoms with van der Waals surface area (Å²) in [5.41, 5.74) is 4.99. The first-order valence-corrected chi connectivity index (χ1v) is 8.33. The fraction of sp³-hybridized carbons (Fsp3) is 0. The molecule has 0 saturated carbocycles. The summed E-state index contributed by atoms with van der Waals surface area (Å²) in [4.78, 5) is 12.2. The van der Waals surface area contributed by atoms with Gasteiger partial charge in [-0.05, 0) is 42.5 Å². The highest BCUT2D eigenvalue weighted by Crippen LogP contribution is 2.22. The van der Waals surface area contributed by atoms with E-state index in [4.69, 9.17) is 16.0 Å². The van der Waals surface area contributed by atoms with Crippen LogP contribution >= 0.6 is 11.6 Å². The third kappa shape index (κ3) is 3.38. The molecule has 0 spiro atoms. The van der Waals surface area contributed by atoms with Gasteiger partial charge in [-0.2, -0.15) is 5.10 Å². The summed E-state index contributed by atoms with van der Waals surface area (Å²) in [6, 6.07) is 18.7. The first-order valence-electron chi connectivity index (χ1n) is 7.95. The zero-order chi connectivity index (χ0) is 17.9. The van der Waals surface area contributed by atoms with Gasteiger partial charge in [-0.15, -0.1) is 0 Å². The highest BCUT2D eigenvalue weighted by atomic mass is 35.5. The van der Waals surface area contributed by atoms with E-state index in [1.165, 1.54) is 0 Å². The SMILES string of the molecule is O=C(N/N=C\c1ccn(-c2ccccc2)c1)c1cc2cc(Cl)ccc2o1. The summed E-state index contributed by atoms with van der Waals surface area (Å²) in [5.74, 6) is -0.239. The number of nitrogens with zero attached hydrogens (tertiary/aromatic N) is 2. The number of para-hydroxylation sites is 1. The molecule has 0 aliphatic rings. The van der Waals surface area contributed by atoms with Crippen LogP contribution in [0.5, 0.6) is 0 Å². The van der Waals surface area contributed by atoms with E-state index >= 15 is 0 Å². The van der Waals surface area contributed by atoms with Crippen molar-refractivity contribution in [2.75, 3.05) is 0 Å². The highest BCUT2D eigenvalue weighted by molar-refractivity contribution is 6.31. The average Bonchev–Trinajstić information content (AvgIpc) is 3.29. The number of nitrogens with one attached hydrogen (secondary N) is 1. The summed E-state index contributed by atoms with van der Waals surface area (Å²) in [7, 11) is 0. The minimum Gasteiger partial charge on any atom is -0.451 e. The van der Waals surface area contributed by atoms with Gasteiger partial charge in [-0.3, -0.25) is 4.79 Å². The van der Waals surface area contributed by atoms with Crippen LogP contribution in [0.15, 0.2) is 82.6 Å². The van der Waals surface area contributed by atoms with E-state index in [1.807, 2.05) is 53.4 Å². The van der Waals surface area contributed by atoms with Crippen molar-refractivity contribution in [2.45, 2.75) is 0 Å². The van der Waals surface area contributed by atoms with Gasteiger partial charge in [-0.1, -0.05) is 29.8 Å². The molecule has 0 saturated heterocycles. The molecule has 6 heteroatoms. The van der Waals surface area contributed by atoms with Crippen molar-refractivity contribution in [3.8, 4) is 5.69 Å². The first-order chi connectivity index (χ1) is 12.7. The third-order valence-electron chi connectivity index (χ3n) is 3.85. The maximum absolute atomic E-state index is 12.2. The van der Waals surface area contributed by atoms with Crippen molar-refractivity contribution < 1.29 is 9.21 Å². The van der Waals surface area contributed by atoms with E-state index < -0.39 is 5.91 Å². The number of aromatic nitrogens is 1. The fourth-order valence-corrected chi connectivity index (χ4v) is 2.78. The van der Waals surface area contributed by atoms with E-state index in [0.717, 1.165) is 16.6 Å². The second kappa shape index (κ2) is 6.90. The Kier molecular flexibility index (Phi) is 4.29. The lowest BCUT2D eigenvalue weighted by Gasteiger charge is -2.00. The predicted octanol–water partition coefficient (Wildman–Crippen LogP) is 4.64. The van der Waals surface area contributed by atoms with Crippen molar-refractivity contribution in [1.29, 1.82) is 0 Å². The summed E-state index contributed by atoms with van der Waals surface area (Å²) >= 11 is 5.94. The topological polar surface area (TPSA) is 59.5 Å². The molecule has 0 fully saturated rings. The minimum absolute atomic E-state index is 0.182. The van der Waals surface area contributed by atoms with E-state index in [1.54, 1.807) is 30.5 Å². The molecule has 1 N–H and O–H groups in total. The standard InChI is InChI=1S/C20H14ClN3O2/c21-16-6-7-18-15(10-16)11-19(26-18)20(25)23-22-12-14-8-9-24(13-14)17-4-2-1-3-5-17/h1-13H,(H,23,25)/b22-12-. The van der Waals surface area contributed by atoms with Gasteiger partial charge in [-0.25, -0.2) is 5.43 Å². The van der Waals surface area contributed by atoms with Gasteiger partial charge in [0.1, 0.15) is 5.58 Å². The van der Waals surface area contributed by atoms with Gasteiger partial charge in [0.2, 0.25) is 0 Å². The Hall–Kier alpha value is -3.31. The van der Waals surface area contributed by atoms with Crippen molar-refractivity contribution in [3.05, 3.63) is 89.4 Å². The van der Waals surface area contributed by atoms with Gasteiger partial charge < -0.3 is 8.98 Å². The number of carbonyl (C=O) groups is 1. The lowest BCUT2D eigenvalue weighted by Crippen LogP contribution is -2.16. The Morgan fingerprint density at radius 1 is 1.12 bits per heavy atom. The molecule has 0 atom stereocenters. The molecule has 4 aromatic rings. The van der Waals surface area contributed by atoms with Gasteiger partial charge in [0.05, 0.1) is 6.21 Å². The van der Waals surface area contributed by atoms with Crippen molar-refractivity contribution in [1.82, 2.24) is 9.99 Å². The second-order valence-corrected chi connectivity index (χ2v) is 6.12. The molecule has 1 amide bonds. The normalized spacial score (nSPS) is 11.3. The molecule has 0 aliphatic heterocycles. The number of halogens is 1. The number of hydrazone groups is 1. The maximum atomic E-state index is 12.2. The van der Waals surface area contributed by atoms with Crippen LogP contribution in [0.1, 0.15) is 16.1 Å². The monoisotopic (exact) mass is 363 g/mol. The number of amides is 1. The highest BCUT2D eigenvalue weighted by Gasteiger charge is 2.11. The van der Waals surface area contributed by atoms with Crippen molar-refractivity contribution >= 4 is 34.7 Å². The largest absolute Gasteiger partial charge is 0.451 e. The Balaban J connectivity index is 1.44. The van der Waals surface area contributed by atoms with E-state index in [-0.39, 0.29) is 5.76 Å². The molecular weight excluding hydrogens is 350 g/mol. The minimum atomic E-state index is -0.420. The van der Waals surface area contributed by atoms with Crippen LogP contribution in [0.4, 0.5) is 0 Å². The van der Waals surface area contributed by atoms with Crippen LogP contribution in [-0.4, -0.2) is 16.7 Å². The van der Waals surface area contributed by atoms with Gasteiger partial charge in [0.25, 0.3) is 0 Å².